The molecule has 0 heterocycles. The summed E-state index contributed by atoms with van der Waals surface area (Å²) in [7, 11) is 0. The van der Waals surface area contributed by atoms with Crippen LogP contribution in [0.4, 0.5) is 11.4 Å². The molecule has 0 atom stereocenters. The van der Waals surface area contributed by atoms with Gasteiger partial charge in [0.15, 0.2) is 0 Å². The summed E-state index contributed by atoms with van der Waals surface area (Å²) in [5, 5.41) is 0. The van der Waals surface area contributed by atoms with Crippen molar-refractivity contribution < 1.29 is 0 Å². The smallest absolute Gasteiger partial charge is 0.0314 e. The van der Waals surface area contributed by atoms with Gasteiger partial charge in [-0.2, -0.15) is 0 Å². The molecule has 0 bridgehead atoms. The lowest BCUT2D eigenvalue weighted by Gasteiger charge is -2.42. The molecule has 45 heavy (non-hydrogen) atoms. The van der Waals surface area contributed by atoms with Crippen LogP contribution in [-0.2, 0) is 31.1 Å². The van der Waals surface area contributed by atoms with E-state index in [2.05, 4.69) is 104 Å². The zero-order chi connectivity index (χ0) is 31.1. The number of aryl methyl sites for hydroxylation is 1. The van der Waals surface area contributed by atoms with Crippen LogP contribution in [0.25, 0.3) is 0 Å². The van der Waals surface area contributed by atoms with Crippen molar-refractivity contribution in [1.82, 2.24) is 0 Å². The quantitative estimate of drug-likeness (QED) is 0.150. The topological polar surface area (TPSA) is 52.0 Å². The molecule has 230 valence electrons. The summed E-state index contributed by atoms with van der Waals surface area (Å²) in [6, 6.07) is 45.0. The van der Waals surface area contributed by atoms with E-state index in [1.807, 2.05) is 24.3 Å². The average molecular weight is 593 g/mol. The first-order valence-electron chi connectivity index (χ1n) is 16.9. The fourth-order valence-corrected chi connectivity index (χ4v) is 7.30. The highest BCUT2D eigenvalue weighted by atomic mass is 14.5. The molecular weight excluding hydrogens is 544 g/mol. The predicted octanol–water partition coefficient (Wildman–Crippen LogP) is 10.1. The van der Waals surface area contributed by atoms with E-state index in [0.29, 0.717) is 0 Å². The van der Waals surface area contributed by atoms with Crippen LogP contribution in [0, 0.1) is 5.92 Å². The van der Waals surface area contributed by atoms with Crippen molar-refractivity contribution in [2.75, 3.05) is 11.5 Å². The molecule has 0 aromatic heterocycles. The van der Waals surface area contributed by atoms with Gasteiger partial charge in [0.05, 0.1) is 0 Å². The Morgan fingerprint density at radius 2 is 0.889 bits per heavy atom. The number of nitrogens with two attached hydrogens (primary N) is 2. The van der Waals surface area contributed by atoms with Gasteiger partial charge in [-0.3, -0.25) is 0 Å². The molecule has 1 aliphatic carbocycles. The first kappa shape index (κ1) is 30.7. The standard InChI is InChI=1S/C43H48N2/c1-2-3-4-32-5-7-33(8-6-32)31-38-25-27-43(28-26-38,39-17-9-34(10-18-39)29-36-13-21-41(44)22-14-36)40-19-11-35(12-20-40)30-37-15-23-42(45)24-16-37/h5-24,38H,2-4,25-31,44-45H2,1H3. The second kappa shape index (κ2) is 14.2. The van der Waals surface area contributed by atoms with Crippen molar-refractivity contribution in [3.8, 4) is 0 Å². The molecule has 1 fully saturated rings. The molecule has 0 saturated heterocycles. The van der Waals surface area contributed by atoms with Crippen LogP contribution in [0.3, 0.4) is 0 Å². The van der Waals surface area contributed by atoms with Crippen molar-refractivity contribution in [2.24, 2.45) is 5.92 Å². The summed E-state index contributed by atoms with van der Waals surface area (Å²) >= 11 is 0. The number of rotatable bonds is 11. The molecule has 5 aromatic rings. The molecule has 0 aliphatic heterocycles. The van der Waals surface area contributed by atoms with E-state index in [9.17, 15) is 0 Å². The van der Waals surface area contributed by atoms with Crippen molar-refractivity contribution >= 4 is 11.4 Å². The molecule has 2 nitrogen and oxygen atoms in total. The largest absolute Gasteiger partial charge is 0.399 e. The SMILES string of the molecule is CCCCc1ccc(CC2CCC(c3ccc(Cc4ccc(N)cc4)cc3)(c3ccc(Cc4ccc(N)cc4)cc3)CC2)cc1. The highest BCUT2D eigenvalue weighted by molar-refractivity contribution is 5.45. The van der Waals surface area contributed by atoms with Crippen molar-refractivity contribution in [3.63, 3.8) is 0 Å². The van der Waals surface area contributed by atoms with Gasteiger partial charge in [0.25, 0.3) is 0 Å². The predicted molar refractivity (Wildman–Crippen MR) is 192 cm³/mol. The third kappa shape index (κ3) is 7.68. The van der Waals surface area contributed by atoms with Gasteiger partial charge >= 0.3 is 0 Å². The minimum absolute atomic E-state index is 0.0416. The highest BCUT2D eigenvalue weighted by Gasteiger charge is 2.38. The Labute approximate surface area is 270 Å². The fraction of sp³-hybridized carbons (Fsp3) is 0.302. The summed E-state index contributed by atoms with van der Waals surface area (Å²) in [5.74, 6) is 0.731. The third-order valence-corrected chi connectivity index (χ3v) is 10.1. The Bertz CT molecular complexity index is 1530. The van der Waals surface area contributed by atoms with Gasteiger partial charge in [0.2, 0.25) is 0 Å². The Kier molecular flexibility index (Phi) is 9.69. The second-order valence-corrected chi connectivity index (χ2v) is 13.4. The Morgan fingerprint density at radius 1 is 0.511 bits per heavy atom. The lowest BCUT2D eigenvalue weighted by atomic mass is 9.62. The van der Waals surface area contributed by atoms with E-state index in [1.165, 1.54) is 95.9 Å². The molecule has 1 saturated carbocycles. The molecule has 0 radical (unpaired) electrons. The first-order valence-corrected chi connectivity index (χ1v) is 16.9. The average Bonchev–Trinajstić information content (AvgIpc) is 3.08. The van der Waals surface area contributed by atoms with E-state index >= 15 is 0 Å². The summed E-state index contributed by atoms with van der Waals surface area (Å²) in [6.45, 7) is 2.27. The maximum absolute atomic E-state index is 5.92. The number of hydrogen-bond acceptors (Lipinski definition) is 2. The van der Waals surface area contributed by atoms with Crippen molar-refractivity contribution in [1.29, 1.82) is 0 Å². The number of benzene rings is 5. The zero-order valence-electron chi connectivity index (χ0n) is 26.9. The molecule has 1 aliphatic rings. The van der Waals surface area contributed by atoms with Gasteiger partial charge in [0.1, 0.15) is 0 Å². The molecule has 5 aromatic carbocycles. The molecule has 2 heteroatoms. The second-order valence-electron chi connectivity index (χ2n) is 13.4. The van der Waals surface area contributed by atoms with Gasteiger partial charge in [0, 0.05) is 16.8 Å². The Balaban J connectivity index is 1.21. The van der Waals surface area contributed by atoms with Gasteiger partial charge in [-0.1, -0.05) is 110 Å². The van der Waals surface area contributed by atoms with E-state index in [0.717, 1.165) is 30.1 Å². The maximum atomic E-state index is 5.92. The molecule has 6 rings (SSSR count). The monoisotopic (exact) mass is 592 g/mol. The van der Waals surface area contributed by atoms with Crippen LogP contribution < -0.4 is 11.5 Å². The van der Waals surface area contributed by atoms with E-state index in [-0.39, 0.29) is 5.41 Å². The molecular formula is C43H48N2. The van der Waals surface area contributed by atoms with Crippen molar-refractivity contribution in [3.05, 3.63) is 166 Å². The van der Waals surface area contributed by atoms with Crippen LogP contribution in [0.1, 0.15) is 90.0 Å². The first-order chi connectivity index (χ1) is 22.0. The summed E-state index contributed by atoms with van der Waals surface area (Å²) in [6.07, 6.45) is 11.6. The fourth-order valence-electron chi connectivity index (χ4n) is 7.30. The molecule has 0 unspecified atom stereocenters. The third-order valence-electron chi connectivity index (χ3n) is 10.1. The zero-order valence-corrected chi connectivity index (χ0v) is 26.9. The normalized spacial score (nSPS) is 14.8. The molecule has 0 spiro atoms. The number of anilines is 2. The number of nitrogen functional groups attached to an aromatic ring is 2. The minimum atomic E-state index is 0.0416. The number of unbranched alkanes of at least 4 members (excludes halogenated alkanes) is 1. The Hall–Kier alpha value is -4.30. The Morgan fingerprint density at radius 3 is 1.31 bits per heavy atom. The lowest BCUT2D eigenvalue weighted by molar-refractivity contribution is 0.264. The van der Waals surface area contributed by atoms with Crippen molar-refractivity contribution in [2.45, 2.75) is 76.5 Å². The van der Waals surface area contributed by atoms with Crippen LogP contribution in [0.15, 0.2) is 121 Å². The summed E-state index contributed by atoms with van der Waals surface area (Å²) in [5.41, 5.74) is 24.6. The highest BCUT2D eigenvalue weighted by Crippen LogP contribution is 2.47. The van der Waals surface area contributed by atoms with Crippen LogP contribution >= 0.6 is 0 Å². The van der Waals surface area contributed by atoms with Crippen LogP contribution in [-0.4, -0.2) is 0 Å². The van der Waals surface area contributed by atoms with Crippen LogP contribution in [0.2, 0.25) is 0 Å². The lowest BCUT2D eigenvalue weighted by Crippen LogP contribution is -2.33. The van der Waals surface area contributed by atoms with Gasteiger partial charge in [-0.05, 0) is 132 Å². The van der Waals surface area contributed by atoms with E-state index in [1.54, 1.807) is 0 Å². The summed E-state index contributed by atoms with van der Waals surface area (Å²) in [4.78, 5) is 0. The summed E-state index contributed by atoms with van der Waals surface area (Å²) < 4.78 is 0. The van der Waals surface area contributed by atoms with Gasteiger partial charge < -0.3 is 11.5 Å². The van der Waals surface area contributed by atoms with Gasteiger partial charge in [-0.15, -0.1) is 0 Å². The van der Waals surface area contributed by atoms with Crippen LogP contribution in [0.5, 0.6) is 0 Å². The van der Waals surface area contributed by atoms with E-state index < -0.39 is 0 Å². The maximum Gasteiger partial charge on any atom is 0.0314 e. The molecule has 4 N–H and O–H groups in total. The molecule has 0 amide bonds. The minimum Gasteiger partial charge on any atom is -0.399 e. The van der Waals surface area contributed by atoms with E-state index in [4.69, 9.17) is 11.5 Å². The van der Waals surface area contributed by atoms with Gasteiger partial charge in [-0.25, -0.2) is 0 Å². The number of hydrogen-bond donors (Lipinski definition) is 2.